The van der Waals surface area contributed by atoms with Gasteiger partial charge in [-0.15, -0.1) is 0 Å². The van der Waals surface area contributed by atoms with Crippen molar-refractivity contribution in [3.05, 3.63) is 24.3 Å². The minimum Gasteiger partial charge on any atom is -0.393 e. The second-order valence-corrected chi connectivity index (χ2v) is 13.4. The van der Waals surface area contributed by atoms with Crippen molar-refractivity contribution in [3.8, 4) is 0 Å². The Morgan fingerprint density at radius 1 is 0.435 bits per heavy atom. The van der Waals surface area contributed by atoms with Crippen molar-refractivity contribution < 1.29 is 28.7 Å². The number of hydrogen-bond donors (Lipinski definition) is 0. The van der Waals surface area contributed by atoms with Gasteiger partial charge in [0.2, 0.25) is 0 Å². The maximum absolute atomic E-state index is 11.3. The van der Waals surface area contributed by atoms with E-state index in [-0.39, 0.29) is 36.6 Å². The molecule has 2 saturated heterocycles. The Morgan fingerprint density at radius 3 is 0.935 bits per heavy atom. The van der Waals surface area contributed by atoms with Crippen LogP contribution < -0.4 is 0 Å². The van der Waals surface area contributed by atoms with Crippen molar-refractivity contribution >= 4 is 23.9 Å². The Hall–Kier alpha value is -2.24. The molecule has 2 unspecified atom stereocenters. The SMILES string of the molecule is CCCCCCCCCCCCCCC=CC1CC(=O)OC1=O.CCCCCCCCCCCCCCC=CC1CC(=O)OC1=O. The molecule has 6 heteroatoms. The zero-order chi connectivity index (χ0) is 33.5. The van der Waals surface area contributed by atoms with Gasteiger partial charge in [-0.3, -0.25) is 19.2 Å². The highest BCUT2D eigenvalue weighted by Gasteiger charge is 2.31. The first-order valence-electron chi connectivity index (χ1n) is 19.3. The number of carbonyl (C=O) groups is 4. The largest absolute Gasteiger partial charge is 0.393 e. The van der Waals surface area contributed by atoms with Gasteiger partial charge in [0.1, 0.15) is 0 Å². The molecule has 2 rings (SSSR count). The number of allylic oxidation sites excluding steroid dienone is 2. The number of cyclic esters (lactones) is 4. The highest BCUT2D eigenvalue weighted by molar-refractivity contribution is 5.96. The molecule has 0 radical (unpaired) electrons. The van der Waals surface area contributed by atoms with Crippen LogP contribution in [-0.2, 0) is 28.7 Å². The topological polar surface area (TPSA) is 86.7 Å². The summed E-state index contributed by atoms with van der Waals surface area (Å²) in [6.45, 7) is 4.53. The third-order valence-electron chi connectivity index (χ3n) is 8.99. The van der Waals surface area contributed by atoms with E-state index in [1.54, 1.807) is 0 Å². The van der Waals surface area contributed by atoms with Gasteiger partial charge >= 0.3 is 23.9 Å². The lowest BCUT2D eigenvalue weighted by Gasteiger charge is -2.02. The molecule has 0 bridgehead atoms. The van der Waals surface area contributed by atoms with Crippen LogP contribution in [0.4, 0.5) is 0 Å². The summed E-state index contributed by atoms with van der Waals surface area (Å²) in [7, 11) is 0. The molecule has 0 aromatic carbocycles. The van der Waals surface area contributed by atoms with Crippen molar-refractivity contribution in [2.75, 3.05) is 0 Å². The average Bonchev–Trinajstić information content (AvgIpc) is 3.54. The highest BCUT2D eigenvalue weighted by Crippen LogP contribution is 2.19. The summed E-state index contributed by atoms with van der Waals surface area (Å²) in [4.78, 5) is 44.4. The molecule has 264 valence electrons. The summed E-state index contributed by atoms with van der Waals surface area (Å²) in [6, 6.07) is 0. The van der Waals surface area contributed by atoms with E-state index < -0.39 is 11.9 Å². The molecule has 0 amide bonds. The zero-order valence-electron chi connectivity index (χ0n) is 29.7. The van der Waals surface area contributed by atoms with Crippen LogP contribution >= 0.6 is 0 Å². The fraction of sp³-hybridized carbons (Fsp3) is 0.800. The number of esters is 4. The third kappa shape index (κ3) is 24.0. The van der Waals surface area contributed by atoms with E-state index in [2.05, 4.69) is 23.3 Å². The monoisotopic (exact) mass is 645 g/mol. The number of ether oxygens (including phenoxy) is 2. The van der Waals surface area contributed by atoms with Crippen molar-refractivity contribution in [1.82, 2.24) is 0 Å². The Balaban J connectivity index is 0.000000460. The first-order valence-corrected chi connectivity index (χ1v) is 19.3. The van der Waals surface area contributed by atoms with E-state index in [1.165, 1.54) is 154 Å². The van der Waals surface area contributed by atoms with Gasteiger partial charge in [0, 0.05) is 0 Å². The van der Waals surface area contributed by atoms with E-state index in [4.69, 9.17) is 0 Å². The molecule has 2 heterocycles. The van der Waals surface area contributed by atoms with E-state index in [0.29, 0.717) is 0 Å². The number of hydrogen-bond acceptors (Lipinski definition) is 6. The van der Waals surface area contributed by atoms with Gasteiger partial charge in [-0.25, -0.2) is 0 Å². The third-order valence-corrected chi connectivity index (χ3v) is 8.99. The molecule has 2 aliphatic heterocycles. The smallest absolute Gasteiger partial charge is 0.321 e. The molecular formula is C40H68O6. The first kappa shape index (κ1) is 41.8. The van der Waals surface area contributed by atoms with Crippen molar-refractivity contribution in [3.63, 3.8) is 0 Å². The minimum atomic E-state index is -0.394. The van der Waals surface area contributed by atoms with Crippen LogP contribution in [0.5, 0.6) is 0 Å². The van der Waals surface area contributed by atoms with E-state index >= 15 is 0 Å². The van der Waals surface area contributed by atoms with Crippen molar-refractivity contribution in [2.24, 2.45) is 11.8 Å². The van der Waals surface area contributed by atoms with Gasteiger partial charge in [0.15, 0.2) is 0 Å². The van der Waals surface area contributed by atoms with E-state index in [0.717, 1.165) is 12.8 Å². The molecule has 6 nitrogen and oxygen atoms in total. The molecule has 46 heavy (non-hydrogen) atoms. The molecule has 0 aliphatic carbocycles. The summed E-state index contributed by atoms with van der Waals surface area (Å²) in [5, 5.41) is 0. The van der Waals surface area contributed by atoms with Crippen LogP contribution in [0.1, 0.15) is 194 Å². The molecule has 0 aromatic rings. The summed E-state index contributed by atoms with van der Waals surface area (Å²) in [6.07, 6.45) is 42.6. The molecule has 0 saturated carbocycles. The number of unbranched alkanes of at least 4 members (excludes halogenated alkanes) is 24. The lowest BCUT2D eigenvalue weighted by molar-refractivity contribution is -0.154. The van der Waals surface area contributed by atoms with Crippen molar-refractivity contribution in [1.29, 1.82) is 0 Å². The quantitative estimate of drug-likeness (QED) is 0.0364. The average molecular weight is 645 g/mol. The normalized spacial score (nSPS) is 18.0. The van der Waals surface area contributed by atoms with Crippen molar-refractivity contribution in [2.45, 2.75) is 194 Å². The summed E-state index contributed by atoms with van der Waals surface area (Å²) >= 11 is 0. The Bertz CT molecular complexity index is 790. The lowest BCUT2D eigenvalue weighted by atomic mass is 10.0. The van der Waals surface area contributed by atoms with Gasteiger partial charge in [0.05, 0.1) is 24.7 Å². The molecule has 0 N–H and O–H groups in total. The lowest BCUT2D eigenvalue weighted by Crippen LogP contribution is -2.03. The second kappa shape index (κ2) is 30.1. The molecular weight excluding hydrogens is 576 g/mol. The highest BCUT2D eigenvalue weighted by atomic mass is 16.6. The van der Waals surface area contributed by atoms with Crippen LogP contribution in [0, 0.1) is 11.8 Å². The predicted molar refractivity (Wildman–Crippen MR) is 188 cm³/mol. The molecule has 2 fully saturated rings. The van der Waals surface area contributed by atoms with Gasteiger partial charge in [0.25, 0.3) is 0 Å². The fourth-order valence-electron chi connectivity index (χ4n) is 6.01. The Labute approximate surface area is 281 Å². The van der Waals surface area contributed by atoms with Gasteiger partial charge in [-0.05, 0) is 25.7 Å². The predicted octanol–water partition coefficient (Wildman–Crippen LogP) is 11.4. The summed E-state index contributed by atoms with van der Waals surface area (Å²) in [5.74, 6) is -2.23. The summed E-state index contributed by atoms with van der Waals surface area (Å²) in [5.41, 5.74) is 0. The Kier molecular flexibility index (Phi) is 27.4. The van der Waals surface area contributed by atoms with Crippen LogP contribution in [0.25, 0.3) is 0 Å². The molecule has 2 atom stereocenters. The second-order valence-electron chi connectivity index (χ2n) is 13.4. The molecule has 2 aliphatic rings. The van der Waals surface area contributed by atoms with Gasteiger partial charge in [-0.1, -0.05) is 179 Å². The number of carbonyl (C=O) groups excluding carboxylic acids is 4. The van der Waals surface area contributed by atoms with Gasteiger partial charge < -0.3 is 9.47 Å². The zero-order valence-corrected chi connectivity index (χ0v) is 29.7. The maximum Gasteiger partial charge on any atom is 0.321 e. The fourth-order valence-corrected chi connectivity index (χ4v) is 6.01. The van der Waals surface area contributed by atoms with Crippen LogP contribution in [0.15, 0.2) is 24.3 Å². The molecule has 0 spiro atoms. The Morgan fingerprint density at radius 2 is 0.696 bits per heavy atom. The maximum atomic E-state index is 11.3. The van der Waals surface area contributed by atoms with Crippen LogP contribution in [0.3, 0.4) is 0 Å². The molecule has 0 aromatic heterocycles. The van der Waals surface area contributed by atoms with E-state index in [1.807, 2.05) is 24.3 Å². The van der Waals surface area contributed by atoms with Gasteiger partial charge in [-0.2, -0.15) is 0 Å². The summed E-state index contributed by atoms with van der Waals surface area (Å²) < 4.78 is 9.03. The minimum absolute atomic E-state index is 0.216. The number of rotatable bonds is 28. The van der Waals surface area contributed by atoms with Crippen LogP contribution in [-0.4, -0.2) is 23.9 Å². The van der Waals surface area contributed by atoms with E-state index in [9.17, 15) is 19.2 Å². The van der Waals surface area contributed by atoms with Crippen LogP contribution in [0.2, 0.25) is 0 Å². The first-order chi connectivity index (χ1) is 22.5. The standard InChI is InChI=1S/2C20H34O3/c2*1-2-3-4-5-6-7-8-9-10-11-12-13-14-15-16-18-17-19(21)23-20(18)22/h2*15-16,18H,2-14,17H2,1H3.